The molecule has 2 N–H and O–H groups in total. The van der Waals surface area contributed by atoms with E-state index in [9.17, 15) is 4.79 Å². The lowest BCUT2D eigenvalue weighted by molar-refractivity contribution is 0.108. The maximum Gasteiger partial charge on any atom is 0.319 e. The van der Waals surface area contributed by atoms with E-state index in [-0.39, 0.29) is 6.03 Å². The lowest BCUT2D eigenvalue weighted by Crippen LogP contribution is -2.30. The third kappa shape index (κ3) is 6.67. The van der Waals surface area contributed by atoms with Gasteiger partial charge in [0.15, 0.2) is 11.5 Å². The van der Waals surface area contributed by atoms with Gasteiger partial charge in [0.2, 0.25) is 0 Å². The number of rotatable bonds is 9. The standard InChI is InChI=1S/C16H26N2O4/c1-12(2)11-22-9-5-8-17-16(19)18-13-6-7-14(20-3)15(10-13)21-4/h6-7,10,12H,5,8-9,11H2,1-4H3,(H2,17,18,19). The zero-order valence-corrected chi connectivity index (χ0v) is 13.8. The summed E-state index contributed by atoms with van der Waals surface area (Å²) in [6, 6.07) is 4.96. The van der Waals surface area contributed by atoms with Crippen LogP contribution >= 0.6 is 0 Å². The van der Waals surface area contributed by atoms with E-state index in [1.165, 1.54) is 0 Å². The van der Waals surface area contributed by atoms with Crippen LogP contribution in [-0.4, -0.2) is 40.0 Å². The van der Waals surface area contributed by atoms with Gasteiger partial charge >= 0.3 is 6.03 Å². The van der Waals surface area contributed by atoms with Gasteiger partial charge in [0, 0.05) is 31.5 Å². The zero-order chi connectivity index (χ0) is 16.4. The Morgan fingerprint density at radius 1 is 1.18 bits per heavy atom. The molecule has 0 atom stereocenters. The Hall–Kier alpha value is -1.95. The number of carbonyl (C=O) groups is 1. The smallest absolute Gasteiger partial charge is 0.319 e. The number of hydrogen-bond acceptors (Lipinski definition) is 4. The average molecular weight is 310 g/mol. The summed E-state index contributed by atoms with van der Waals surface area (Å²) in [5.41, 5.74) is 0.645. The fourth-order valence-electron chi connectivity index (χ4n) is 1.78. The molecule has 22 heavy (non-hydrogen) atoms. The molecule has 0 spiro atoms. The quantitative estimate of drug-likeness (QED) is 0.688. The number of methoxy groups -OCH3 is 2. The van der Waals surface area contributed by atoms with E-state index >= 15 is 0 Å². The van der Waals surface area contributed by atoms with E-state index in [0.717, 1.165) is 13.0 Å². The number of carbonyl (C=O) groups excluding carboxylic acids is 1. The number of urea groups is 1. The van der Waals surface area contributed by atoms with E-state index in [2.05, 4.69) is 24.5 Å². The van der Waals surface area contributed by atoms with Crippen molar-refractivity contribution in [3.63, 3.8) is 0 Å². The molecule has 0 unspecified atom stereocenters. The average Bonchev–Trinajstić information content (AvgIpc) is 2.50. The third-order valence-corrected chi connectivity index (χ3v) is 2.84. The third-order valence-electron chi connectivity index (χ3n) is 2.84. The minimum absolute atomic E-state index is 0.254. The highest BCUT2D eigenvalue weighted by Crippen LogP contribution is 2.29. The monoisotopic (exact) mass is 310 g/mol. The molecule has 0 aliphatic heterocycles. The summed E-state index contributed by atoms with van der Waals surface area (Å²) in [5, 5.41) is 5.53. The van der Waals surface area contributed by atoms with Crippen LogP contribution in [0.2, 0.25) is 0 Å². The first-order valence-electron chi connectivity index (χ1n) is 7.41. The van der Waals surface area contributed by atoms with Crippen molar-refractivity contribution in [2.45, 2.75) is 20.3 Å². The molecule has 0 saturated carbocycles. The van der Waals surface area contributed by atoms with Crippen LogP contribution in [0.25, 0.3) is 0 Å². The molecule has 0 radical (unpaired) electrons. The molecule has 0 fully saturated rings. The summed E-state index contributed by atoms with van der Waals surface area (Å²) in [6.45, 7) is 6.17. The maximum absolute atomic E-state index is 11.8. The van der Waals surface area contributed by atoms with Gasteiger partial charge in [-0.3, -0.25) is 0 Å². The van der Waals surface area contributed by atoms with E-state index in [1.54, 1.807) is 32.4 Å². The molecule has 0 bridgehead atoms. The fourth-order valence-corrected chi connectivity index (χ4v) is 1.78. The van der Waals surface area contributed by atoms with Crippen LogP contribution < -0.4 is 20.1 Å². The molecular weight excluding hydrogens is 284 g/mol. The highest BCUT2D eigenvalue weighted by atomic mass is 16.5. The summed E-state index contributed by atoms with van der Waals surface area (Å²) in [4.78, 5) is 11.8. The molecule has 124 valence electrons. The second kappa shape index (κ2) is 9.89. The number of benzene rings is 1. The Bertz CT molecular complexity index is 463. The SMILES string of the molecule is COc1ccc(NC(=O)NCCCOCC(C)C)cc1OC. The van der Waals surface area contributed by atoms with E-state index in [1.807, 2.05) is 0 Å². The first-order valence-corrected chi connectivity index (χ1v) is 7.41. The molecule has 0 heterocycles. The van der Waals surface area contributed by atoms with Crippen LogP contribution in [-0.2, 0) is 4.74 Å². The van der Waals surface area contributed by atoms with Gasteiger partial charge in [-0.05, 0) is 24.5 Å². The van der Waals surface area contributed by atoms with Crippen LogP contribution in [0.4, 0.5) is 10.5 Å². The molecule has 6 heteroatoms. The second-order valence-corrected chi connectivity index (χ2v) is 5.27. The summed E-state index contributed by atoms with van der Waals surface area (Å²) in [7, 11) is 3.12. The molecule has 1 aromatic rings. The van der Waals surface area contributed by atoms with Crippen LogP contribution in [0.1, 0.15) is 20.3 Å². The Morgan fingerprint density at radius 2 is 1.91 bits per heavy atom. The molecule has 6 nitrogen and oxygen atoms in total. The second-order valence-electron chi connectivity index (χ2n) is 5.27. The predicted molar refractivity (Wildman–Crippen MR) is 86.8 cm³/mol. The molecule has 1 rings (SSSR count). The highest BCUT2D eigenvalue weighted by Gasteiger charge is 2.06. The van der Waals surface area contributed by atoms with Gasteiger partial charge in [-0.25, -0.2) is 4.79 Å². The van der Waals surface area contributed by atoms with Gasteiger partial charge in [-0.1, -0.05) is 13.8 Å². The molecule has 2 amide bonds. The van der Waals surface area contributed by atoms with Crippen LogP contribution in [0.5, 0.6) is 11.5 Å². The lowest BCUT2D eigenvalue weighted by atomic mass is 10.2. The van der Waals surface area contributed by atoms with Crippen molar-refractivity contribution in [3.8, 4) is 11.5 Å². The van der Waals surface area contributed by atoms with Crippen LogP contribution in [0.15, 0.2) is 18.2 Å². The molecule has 0 saturated heterocycles. The van der Waals surface area contributed by atoms with Crippen molar-refractivity contribution in [3.05, 3.63) is 18.2 Å². The van der Waals surface area contributed by atoms with E-state index in [0.29, 0.717) is 36.3 Å². The van der Waals surface area contributed by atoms with Crippen molar-refractivity contribution in [1.82, 2.24) is 5.32 Å². The zero-order valence-electron chi connectivity index (χ0n) is 13.8. The molecule has 0 aliphatic rings. The van der Waals surface area contributed by atoms with Crippen molar-refractivity contribution >= 4 is 11.7 Å². The van der Waals surface area contributed by atoms with Gasteiger partial charge in [-0.15, -0.1) is 0 Å². The number of ether oxygens (including phenoxy) is 3. The van der Waals surface area contributed by atoms with Gasteiger partial charge < -0.3 is 24.8 Å². The number of anilines is 1. The number of nitrogens with one attached hydrogen (secondary N) is 2. The fraction of sp³-hybridized carbons (Fsp3) is 0.562. The normalized spacial score (nSPS) is 10.4. The summed E-state index contributed by atoms with van der Waals surface area (Å²) in [6.07, 6.45) is 0.784. The first-order chi connectivity index (χ1) is 10.6. The minimum Gasteiger partial charge on any atom is -0.493 e. The lowest BCUT2D eigenvalue weighted by Gasteiger charge is -2.11. The molecule has 1 aromatic carbocycles. The highest BCUT2D eigenvalue weighted by molar-refractivity contribution is 5.89. The van der Waals surface area contributed by atoms with Crippen molar-refractivity contribution in [1.29, 1.82) is 0 Å². The summed E-state index contributed by atoms with van der Waals surface area (Å²) >= 11 is 0. The van der Waals surface area contributed by atoms with E-state index < -0.39 is 0 Å². The van der Waals surface area contributed by atoms with Crippen LogP contribution in [0, 0.1) is 5.92 Å². The number of amides is 2. The topological polar surface area (TPSA) is 68.8 Å². The number of hydrogen-bond donors (Lipinski definition) is 2. The Labute approximate surface area is 132 Å². The van der Waals surface area contributed by atoms with Gasteiger partial charge in [0.25, 0.3) is 0 Å². The van der Waals surface area contributed by atoms with Crippen molar-refractivity contribution < 1.29 is 19.0 Å². The molecule has 0 aromatic heterocycles. The maximum atomic E-state index is 11.8. The van der Waals surface area contributed by atoms with Gasteiger partial charge in [-0.2, -0.15) is 0 Å². The molecule has 0 aliphatic carbocycles. The summed E-state index contributed by atoms with van der Waals surface area (Å²) < 4.78 is 15.8. The van der Waals surface area contributed by atoms with Crippen molar-refractivity contribution in [2.75, 3.05) is 39.3 Å². The Morgan fingerprint density at radius 3 is 2.55 bits per heavy atom. The van der Waals surface area contributed by atoms with E-state index in [4.69, 9.17) is 14.2 Å². The minimum atomic E-state index is -0.254. The predicted octanol–water partition coefficient (Wildman–Crippen LogP) is 2.89. The Kier molecular flexibility index (Phi) is 8.14. The first kappa shape index (κ1) is 18.1. The van der Waals surface area contributed by atoms with Gasteiger partial charge in [0.05, 0.1) is 14.2 Å². The van der Waals surface area contributed by atoms with Gasteiger partial charge in [0.1, 0.15) is 0 Å². The van der Waals surface area contributed by atoms with Crippen LogP contribution in [0.3, 0.4) is 0 Å². The molecular formula is C16H26N2O4. The largest absolute Gasteiger partial charge is 0.493 e. The van der Waals surface area contributed by atoms with Crippen molar-refractivity contribution in [2.24, 2.45) is 5.92 Å². The summed E-state index contributed by atoms with van der Waals surface area (Å²) in [5.74, 6) is 1.72. The Balaban J connectivity index is 2.30.